The highest BCUT2D eigenvalue weighted by Gasteiger charge is 2.20. The molecule has 0 radical (unpaired) electrons. The minimum absolute atomic E-state index is 0.294. The maximum Gasteiger partial charge on any atom is 0.134 e. The Morgan fingerprint density at radius 2 is 2.05 bits per heavy atom. The minimum atomic E-state index is -0.856. The van der Waals surface area contributed by atoms with E-state index in [1.165, 1.54) is 0 Å². The number of nitrogens with zero attached hydrogens (tertiary/aromatic N) is 1. The van der Waals surface area contributed by atoms with E-state index in [1.807, 2.05) is 24.3 Å². The van der Waals surface area contributed by atoms with E-state index in [2.05, 4.69) is 4.90 Å². The first kappa shape index (κ1) is 13.6. The Morgan fingerprint density at radius 1 is 1.30 bits per heavy atom. The van der Waals surface area contributed by atoms with Crippen LogP contribution in [0, 0.1) is 0 Å². The third-order valence-electron chi connectivity index (χ3n) is 4.09. The molecule has 1 aliphatic heterocycles. The molecule has 108 valence electrons. The summed E-state index contributed by atoms with van der Waals surface area (Å²) in [5.41, 5.74) is 7.66. The number of rotatable bonds is 4. The second kappa shape index (κ2) is 5.94. The van der Waals surface area contributed by atoms with Gasteiger partial charge in [-0.15, -0.1) is 0 Å². The maximum absolute atomic E-state index is 14.3. The van der Waals surface area contributed by atoms with Gasteiger partial charge in [-0.2, -0.15) is 0 Å². The largest absolute Gasteiger partial charge is 0.464 e. The molecule has 1 atom stereocenters. The quantitative estimate of drug-likeness (QED) is 0.933. The fourth-order valence-corrected chi connectivity index (χ4v) is 2.91. The summed E-state index contributed by atoms with van der Waals surface area (Å²) in [6.45, 7) is 2.31. The third-order valence-corrected chi connectivity index (χ3v) is 4.09. The second-order valence-corrected chi connectivity index (χ2v) is 5.70. The summed E-state index contributed by atoms with van der Waals surface area (Å²) >= 11 is 0. The molecule has 1 aliphatic rings. The van der Waals surface area contributed by atoms with Crippen LogP contribution in [-0.2, 0) is 6.42 Å². The summed E-state index contributed by atoms with van der Waals surface area (Å²) in [7, 11) is 0. The van der Waals surface area contributed by atoms with Gasteiger partial charge in [-0.1, -0.05) is 18.2 Å². The standard InChI is InChI=1S/C16H21FN2O/c17-13(10-19-7-5-14(18)6-8-19)9-12-11-20-16-4-2-1-3-15(12)16/h1-4,11,13-14H,5-10,18H2. The number of nitrogens with two attached hydrogens (primary N) is 1. The first-order chi connectivity index (χ1) is 9.72. The first-order valence-corrected chi connectivity index (χ1v) is 7.29. The highest BCUT2D eigenvalue weighted by molar-refractivity contribution is 5.80. The molecule has 1 aromatic heterocycles. The van der Waals surface area contributed by atoms with Crippen LogP contribution < -0.4 is 5.73 Å². The van der Waals surface area contributed by atoms with Crippen LogP contribution in [0.4, 0.5) is 4.39 Å². The summed E-state index contributed by atoms with van der Waals surface area (Å²) in [6, 6.07) is 8.08. The second-order valence-electron chi connectivity index (χ2n) is 5.70. The Kier molecular flexibility index (Phi) is 4.03. The van der Waals surface area contributed by atoms with E-state index < -0.39 is 6.17 Å². The SMILES string of the molecule is NC1CCN(CC(F)Cc2coc3ccccc23)CC1. The minimum Gasteiger partial charge on any atom is -0.464 e. The number of likely N-dealkylation sites (tertiary alicyclic amines) is 1. The summed E-state index contributed by atoms with van der Waals surface area (Å²) in [5.74, 6) is 0. The van der Waals surface area contributed by atoms with Crippen molar-refractivity contribution in [1.82, 2.24) is 4.90 Å². The smallest absolute Gasteiger partial charge is 0.134 e. The van der Waals surface area contributed by atoms with E-state index >= 15 is 0 Å². The van der Waals surface area contributed by atoms with Gasteiger partial charge in [0.15, 0.2) is 0 Å². The van der Waals surface area contributed by atoms with Gasteiger partial charge in [0.2, 0.25) is 0 Å². The van der Waals surface area contributed by atoms with Crippen molar-refractivity contribution in [3.63, 3.8) is 0 Å². The number of alkyl halides is 1. The number of piperidine rings is 1. The van der Waals surface area contributed by atoms with Gasteiger partial charge in [0, 0.05) is 30.0 Å². The molecule has 4 heteroatoms. The third kappa shape index (κ3) is 3.02. The number of furan rings is 1. The topological polar surface area (TPSA) is 42.4 Å². The summed E-state index contributed by atoms with van der Waals surface area (Å²) in [4.78, 5) is 2.18. The van der Waals surface area contributed by atoms with E-state index in [-0.39, 0.29) is 0 Å². The van der Waals surface area contributed by atoms with Crippen LogP contribution in [0.5, 0.6) is 0 Å². The maximum atomic E-state index is 14.3. The van der Waals surface area contributed by atoms with Crippen molar-refractivity contribution in [3.05, 3.63) is 36.1 Å². The van der Waals surface area contributed by atoms with Gasteiger partial charge in [-0.3, -0.25) is 0 Å². The highest BCUT2D eigenvalue weighted by Crippen LogP contribution is 2.23. The normalized spacial score (nSPS) is 19.5. The van der Waals surface area contributed by atoms with E-state index in [1.54, 1.807) is 6.26 Å². The number of hydrogen-bond acceptors (Lipinski definition) is 3. The molecule has 1 saturated heterocycles. The number of halogens is 1. The van der Waals surface area contributed by atoms with Gasteiger partial charge in [0.05, 0.1) is 6.26 Å². The molecule has 20 heavy (non-hydrogen) atoms. The van der Waals surface area contributed by atoms with Crippen LogP contribution in [0.3, 0.4) is 0 Å². The molecule has 1 unspecified atom stereocenters. The summed E-state index contributed by atoms with van der Waals surface area (Å²) < 4.78 is 19.7. The van der Waals surface area contributed by atoms with Crippen LogP contribution >= 0.6 is 0 Å². The molecule has 0 saturated carbocycles. The predicted molar refractivity (Wildman–Crippen MR) is 78.5 cm³/mol. The Labute approximate surface area is 118 Å². The van der Waals surface area contributed by atoms with Gasteiger partial charge < -0.3 is 15.1 Å². The number of hydrogen-bond donors (Lipinski definition) is 1. The van der Waals surface area contributed by atoms with E-state index in [0.717, 1.165) is 42.5 Å². The van der Waals surface area contributed by atoms with Crippen molar-refractivity contribution in [3.8, 4) is 0 Å². The van der Waals surface area contributed by atoms with Crippen LogP contribution in [0.15, 0.2) is 34.9 Å². The Balaban J connectivity index is 1.60. The van der Waals surface area contributed by atoms with Crippen LogP contribution in [-0.4, -0.2) is 36.7 Å². The van der Waals surface area contributed by atoms with Crippen LogP contribution in [0.1, 0.15) is 18.4 Å². The molecule has 0 amide bonds. The van der Waals surface area contributed by atoms with Crippen molar-refractivity contribution < 1.29 is 8.81 Å². The Bertz CT molecular complexity index is 560. The molecule has 0 spiro atoms. The number of benzene rings is 1. The van der Waals surface area contributed by atoms with Gasteiger partial charge in [-0.25, -0.2) is 4.39 Å². The van der Waals surface area contributed by atoms with Crippen molar-refractivity contribution in [2.75, 3.05) is 19.6 Å². The average Bonchev–Trinajstić information content (AvgIpc) is 2.85. The van der Waals surface area contributed by atoms with Crippen LogP contribution in [0.2, 0.25) is 0 Å². The predicted octanol–water partition coefficient (Wildman–Crippen LogP) is 2.74. The molecule has 3 nitrogen and oxygen atoms in total. The van der Waals surface area contributed by atoms with Gasteiger partial charge in [0.25, 0.3) is 0 Å². The molecule has 1 fully saturated rings. The summed E-state index contributed by atoms with van der Waals surface area (Å²) in [6.07, 6.45) is 3.19. The number of fused-ring (bicyclic) bond motifs is 1. The lowest BCUT2D eigenvalue weighted by Crippen LogP contribution is -2.42. The van der Waals surface area contributed by atoms with Crippen molar-refractivity contribution in [2.24, 2.45) is 5.73 Å². The lowest BCUT2D eigenvalue weighted by atomic mass is 10.0. The summed E-state index contributed by atoms with van der Waals surface area (Å²) in [5, 5.41) is 1.02. The molecule has 2 N–H and O–H groups in total. The molecule has 2 heterocycles. The van der Waals surface area contributed by atoms with Crippen molar-refractivity contribution in [1.29, 1.82) is 0 Å². The van der Waals surface area contributed by atoms with Crippen molar-refractivity contribution in [2.45, 2.75) is 31.5 Å². The fraction of sp³-hybridized carbons (Fsp3) is 0.500. The lowest BCUT2D eigenvalue weighted by Gasteiger charge is -2.30. The highest BCUT2D eigenvalue weighted by atomic mass is 19.1. The molecular formula is C16H21FN2O. The zero-order valence-corrected chi connectivity index (χ0v) is 11.6. The van der Waals surface area contributed by atoms with E-state index in [9.17, 15) is 4.39 Å². The molecule has 1 aromatic carbocycles. The lowest BCUT2D eigenvalue weighted by molar-refractivity contribution is 0.157. The monoisotopic (exact) mass is 276 g/mol. The van der Waals surface area contributed by atoms with Gasteiger partial charge in [-0.05, 0) is 32.0 Å². The first-order valence-electron chi connectivity index (χ1n) is 7.29. The van der Waals surface area contributed by atoms with Gasteiger partial charge >= 0.3 is 0 Å². The van der Waals surface area contributed by atoms with Crippen molar-refractivity contribution >= 4 is 11.0 Å². The molecular weight excluding hydrogens is 255 g/mol. The molecule has 2 aromatic rings. The van der Waals surface area contributed by atoms with Gasteiger partial charge in [0.1, 0.15) is 11.8 Å². The average molecular weight is 276 g/mol. The molecule has 3 rings (SSSR count). The zero-order chi connectivity index (χ0) is 13.9. The number of para-hydroxylation sites is 1. The fourth-order valence-electron chi connectivity index (χ4n) is 2.91. The van der Waals surface area contributed by atoms with E-state index in [0.29, 0.717) is 19.0 Å². The zero-order valence-electron chi connectivity index (χ0n) is 11.6. The Hall–Kier alpha value is -1.39. The van der Waals surface area contributed by atoms with Crippen LogP contribution in [0.25, 0.3) is 11.0 Å². The van der Waals surface area contributed by atoms with E-state index in [4.69, 9.17) is 10.2 Å². The molecule has 0 aliphatic carbocycles. The Morgan fingerprint density at radius 3 is 2.85 bits per heavy atom. The molecule has 0 bridgehead atoms.